The highest BCUT2D eigenvalue weighted by atomic mass is 14.8. The Morgan fingerprint density at radius 3 is 1.09 bits per heavy atom. The molecule has 11 heavy (non-hydrogen) atoms. The summed E-state index contributed by atoms with van der Waals surface area (Å²) < 4.78 is 0. The van der Waals surface area contributed by atoms with E-state index in [0.717, 1.165) is 0 Å². The minimum absolute atomic E-state index is 0. The normalized spacial score (nSPS) is 6.00. The van der Waals surface area contributed by atoms with Crippen LogP contribution in [0.15, 0.2) is 4.99 Å². The molecule has 0 aromatic rings. The van der Waals surface area contributed by atoms with Crippen molar-refractivity contribution in [2.45, 2.75) is 50.5 Å². The van der Waals surface area contributed by atoms with Gasteiger partial charge in [-0.15, -0.1) is 0 Å². The molecule has 0 rings (SSSR count). The van der Waals surface area contributed by atoms with E-state index in [1.807, 2.05) is 13.8 Å². The zero-order valence-corrected chi connectivity index (χ0v) is 5.52. The molecular weight excluding hydrogens is 136 g/mol. The van der Waals surface area contributed by atoms with Crippen LogP contribution in [0.5, 0.6) is 0 Å². The van der Waals surface area contributed by atoms with Crippen molar-refractivity contribution < 1.29 is 0 Å². The lowest BCUT2D eigenvalue weighted by atomic mass is 10.7. The summed E-state index contributed by atoms with van der Waals surface area (Å²) in [7, 11) is 1.66. The van der Waals surface area contributed by atoms with Crippen molar-refractivity contribution in [3.8, 4) is 0 Å². The topological polar surface area (TPSA) is 38.4 Å². The highest BCUT2D eigenvalue weighted by Crippen LogP contribution is 1.52. The number of hydrogen-bond acceptors (Lipinski definition) is 1. The van der Waals surface area contributed by atoms with Crippen LogP contribution < -0.4 is 5.73 Å². The molecule has 0 radical (unpaired) electrons. The Kier molecular flexibility index (Phi) is 241. The number of aliphatic imine (C=N–C) groups is 1. The van der Waals surface area contributed by atoms with Crippen LogP contribution in [-0.4, -0.2) is 12.9 Å². The van der Waals surface area contributed by atoms with Gasteiger partial charge in [-0.25, -0.2) is 0 Å². The second kappa shape index (κ2) is 56.4. The summed E-state index contributed by atoms with van der Waals surface area (Å²) >= 11 is 0. The molecule has 0 bridgehead atoms. The maximum atomic E-state index is 5.04. The Morgan fingerprint density at radius 1 is 1.00 bits per heavy atom. The molecule has 0 saturated heterocycles. The second-order valence-electron chi connectivity index (χ2n) is 0.865. The Labute approximate surface area is 74.9 Å². The molecule has 0 aromatic heterocycles. The van der Waals surface area contributed by atoms with Crippen molar-refractivity contribution in [1.82, 2.24) is 0 Å². The van der Waals surface area contributed by atoms with Crippen LogP contribution in [-0.2, 0) is 0 Å². The van der Waals surface area contributed by atoms with Gasteiger partial charge in [0.1, 0.15) is 0 Å². The van der Waals surface area contributed by atoms with Gasteiger partial charge in [0, 0.05) is 7.05 Å². The molecule has 2 heteroatoms. The average molecular weight is 166 g/mol. The van der Waals surface area contributed by atoms with Crippen molar-refractivity contribution in [2.75, 3.05) is 7.05 Å². The molecule has 76 valence electrons. The van der Waals surface area contributed by atoms with Crippen LogP contribution in [0.3, 0.4) is 0 Å². The monoisotopic (exact) mass is 166 g/mol. The van der Waals surface area contributed by atoms with E-state index in [1.165, 1.54) is 0 Å². The number of hydrogen-bond donors (Lipinski definition) is 1. The lowest BCUT2D eigenvalue weighted by Crippen LogP contribution is -2.03. The first-order valence-electron chi connectivity index (χ1n) is 2.46. The van der Waals surface area contributed by atoms with E-state index in [-0.39, 0.29) is 29.7 Å². The fraction of sp³-hybridized carbons (Fsp3) is 0.889. The number of rotatable bonds is 0. The lowest BCUT2D eigenvalue weighted by Gasteiger charge is -1.76. The van der Waals surface area contributed by atoms with Gasteiger partial charge >= 0.3 is 0 Å². The first-order valence-corrected chi connectivity index (χ1v) is 2.46. The van der Waals surface area contributed by atoms with Crippen LogP contribution in [0.1, 0.15) is 50.5 Å². The summed E-state index contributed by atoms with van der Waals surface area (Å²) in [5, 5.41) is 0. The fourth-order valence-corrected chi connectivity index (χ4v) is 0. The quantitative estimate of drug-likeness (QED) is 0.433. The summed E-state index contributed by atoms with van der Waals surface area (Å²) in [6, 6.07) is 0. The molecule has 0 heterocycles. The van der Waals surface area contributed by atoms with Crippen molar-refractivity contribution in [3.63, 3.8) is 0 Å². The molecule has 0 amide bonds. The third kappa shape index (κ3) is 245. The summed E-state index contributed by atoms with van der Waals surface area (Å²) in [6.45, 7) is 5.75. The molecular formula is C9H30N2. The second-order valence-corrected chi connectivity index (χ2v) is 0.865. The van der Waals surface area contributed by atoms with Crippen LogP contribution >= 0.6 is 0 Å². The number of nitrogens with two attached hydrogens (primary N) is 1. The summed E-state index contributed by atoms with van der Waals surface area (Å²) in [5.41, 5.74) is 5.04. The molecule has 0 fully saturated rings. The van der Waals surface area contributed by atoms with Gasteiger partial charge < -0.3 is 5.73 Å². The standard InChI is InChI=1S/C3H8N2.C2H6.4CH4/c1-3(4)5-2;1-2;;;;/h1-2H3,(H2,4,5);1-2H3;4*1H4. The minimum Gasteiger partial charge on any atom is -0.388 e. The number of nitrogens with zero attached hydrogens (tertiary/aromatic N) is 1. The predicted molar refractivity (Wildman–Crippen MR) is 61.5 cm³/mol. The molecule has 0 saturated carbocycles. The maximum absolute atomic E-state index is 5.04. The summed E-state index contributed by atoms with van der Waals surface area (Å²) in [4.78, 5) is 3.58. The van der Waals surface area contributed by atoms with E-state index in [2.05, 4.69) is 4.99 Å². The lowest BCUT2D eigenvalue weighted by molar-refractivity contribution is 1.38. The smallest absolute Gasteiger partial charge is 0.0902 e. The van der Waals surface area contributed by atoms with Gasteiger partial charge in [-0.2, -0.15) is 0 Å². The highest BCUT2D eigenvalue weighted by Gasteiger charge is 1.61. The van der Waals surface area contributed by atoms with Gasteiger partial charge in [0.25, 0.3) is 0 Å². The van der Waals surface area contributed by atoms with E-state index in [1.54, 1.807) is 14.0 Å². The van der Waals surface area contributed by atoms with Gasteiger partial charge in [0.2, 0.25) is 0 Å². The van der Waals surface area contributed by atoms with E-state index < -0.39 is 0 Å². The van der Waals surface area contributed by atoms with E-state index in [4.69, 9.17) is 5.73 Å². The predicted octanol–water partition coefficient (Wildman–Crippen LogP) is 3.56. The SMILES string of the molecule is C.C.C.C.CC.CN=C(C)N. The molecule has 0 unspecified atom stereocenters. The van der Waals surface area contributed by atoms with Gasteiger partial charge in [0.15, 0.2) is 0 Å². The zero-order chi connectivity index (χ0) is 6.28. The van der Waals surface area contributed by atoms with Crippen LogP contribution in [0.4, 0.5) is 0 Å². The minimum atomic E-state index is 0. The Hall–Kier alpha value is -0.530. The first-order chi connectivity index (χ1) is 3.27. The molecule has 0 aliphatic rings. The molecule has 0 spiro atoms. The van der Waals surface area contributed by atoms with E-state index in [0.29, 0.717) is 5.84 Å². The molecule has 2 nitrogen and oxygen atoms in total. The van der Waals surface area contributed by atoms with Crippen molar-refractivity contribution in [1.29, 1.82) is 0 Å². The zero-order valence-electron chi connectivity index (χ0n) is 5.52. The number of amidine groups is 1. The van der Waals surface area contributed by atoms with Gasteiger partial charge in [0.05, 0.1) is 5.84 Å². The van der Waals surface area contributed by atoms with Gasteiger partial charge in [-0.1, -0.05) is 43.6 Å². The highest BCUT2D eigenvalue weighted by molar-refractivity contribution is 5.77. The van der Waals surface area contributed by atoms with E-state index >= 15 is 0 Å². The molecule has 0 atom stereocenters. The maximum Gasteiger partial charge on any atom is 0.0902 e. The van der Waals surface area contributed by atoms with Crippen molar-refractivity contribution in [2.24, 2.45) is 10.7 Å². The fourth-order valence-electron chi connectivity index (χ4n) is 0. The molecule has 2 N–H and O–H groups in total. The molecule has 0 aliphatic carbocycles. The third-order valence-electron chi connectivity index (χ3n) is 0.353. The van der Waals surface area contributed by atoms with Crippen molar-refractivity contribution in [3.05, 3.63) is 0 Å². The average Bonchev–Trinajstić information content (AvgIpc) is 1.73. The summed E-state index contributed by atoms with van der Waals surface area (Å²) in [5.74, 6) is 0.630. The third-order valence-corrected chi connectivity index (χ3v) is 0.353. The Balaban J connectivity index is -0.00000000972. The summed E-state index contributed by atoms with van der Waals surface area (Å²) in [6.07, 6.45) is 0. The van der Waals surface area contributed by atoms with Gasteiger partial charge in [-0.3, -0.25) is 4.99 Å². The first kappa shape index (κ1) is 47.0. The van der Waals surface area contributed by atoms with Gasteiger partial charge in [-0.05, 0) is 6.92 Å². The Bertz CT molecular complexity index is 45.5. The molecule has 0 aromatic carbocycles. The van der Waals surface area contributed by atoms with Crippen LogP contribution in [0.2, 0.25) is 0 Å². The van der Waals surface area contributed by atoms with E-state index in [9.17, 15) is 0 Å². The van der Waals surface area contributed by atoms with Crippen LogP contribution in [0, 0.1) is 0 Å². The Morgan fingerprint density at radius 2 is 1.09 bits per heavy atom. The largest absolute Gasteiger partial charge is 0.388 e. The molecule has 0 aliphatic heterocycles. The van der Waals surface area contributed by atoms with Crippen LogP contribution in [0.25, 0.3) is 0 Å². The van der Waals surface area contributed by atoms with Crippen molar-refractivity contribution >= 4 is 5.84 Å².